The summed E-state index contributed by atoms with van der Waals surface area (Å²) in [4.78, 5) is 0. The highest BCUT2D eigenvalue weighted by atomic mass is 16.5. The summed E-state index contributed by atoms with van der Waals surface area (Å²) in [7, 11) is 0. The van der Waals surface area contributed by atoms with Crippen molar-refractivity contribution in [1.29, 1.82) is 0 Å². The van der Waals surface area contributed by atoms with Crippen LogP contribution in [0.1, 0.15) is 43.7 Å². The van der Waals surface area contributed by atoms with Gasteiger partial charge in [0.15, 0.2) is 0 Å². The predicted octanol–water partition coefficient (Wildman–Crippen LogP) is 3.30. The third-order valence-electron chi connectivity index (χ3n) is 3.58. The molecule has 0 bridgehead atoms. The molecule has 0 spiro atoms. The van der Waals surface area contributed by atoms with Crippen molar-refractivity contribution >= 4 is 0 Å². The Kier molecular flexibility index (Phi) is 5.69. The molecule has 1 saturated carbocycles. The zero-order valence-corrected chi connectivity index (χ0v) is 11.5. The molecule has 1 fully saturated rings. The summed E-state index contributed by atoms with van der Waals surface area (Å²) < 4.78 is 5.80. The van der Waals surface area contributed by atoms with Crippen LogP contribution in [-0.4, -0.2) is 19.2 Å². The van der Waals surface area contributed by atoms with Crippen LogP contribution in [0.3, 0.4) is 0 Å². The van der Waals surface area contributed by atoms with Crippen molar-refractivity contribution in [2.75, 3.05) is 13.1 Å². The first-order chi connectivity index (χ1) is 8.88. The van der Waals surface area contributed by atoms with Gasteiger partial charge in [0.05, 0.1) is 12.7 Å². The topological polar surface area (TPSA) is 21.3 Å². The summed E-state index contributed by atoms with van der Waals surface area (Å²) in [6.45, 7) is 5.17. The van der Waals surface area contributed by atoms with Crippen LogP contribution in [0, 0.1) is 0 Å². The van der Waals surface area contributed by atoms with Gasteiger partial charge in [-0.3, -0.25) is 0 Å². The first-order valence-electron chi connectivity index (χ1n) is 7.28. The Balaban J connectivity index is 1.67. The zero-order chi connectivity index (χ0) is 12.6. The minimum absolute atomic E-state index is 0.530. The standard InChI is InChI=1S/C16H25NO/c1-2-11-17-12-10-14-6-8-15(9-7-14)13-18-16-4-3-5-16/h6-9,16-17H,2-5,10-13H2,1H3. The van der Waals surface area contributed by atoms with Gasteiger partial charge in [-0.15, -0.1) is 0 Å². The van der Waals surface area contributed by atoms with Gasteiger partial charge in [-0.2, -0.15) is 0 Å². The molecule has 1 N–H and O–H groups in total. The number of rotatable bonds is 8. The highest BCUT2D eigenvalue weighted by Gasteiger charge is 2.17. The maximum absolute atomic E-state index is 5.80. The van der Waals surface area contributed by atoms with Crippen LogP contribution in [0.25, 0.3) is 0 Å². The maximum atomic E-state index is 5.80. The van der Waals surface area contributed by atoms with Crippen molar-refractivity contribution in [2.24, 2.45) is 0 Å². The highest BCUT2D eigenvalue weighted by molar-refractivity contribution is 5.22. The van der Waals surface area contributed by atoms with Crippen molar-refractivity contribution in [3.63, 3.8) is 0 Å². The average Bonchev–Trinajstić information content (AvgIpc) is 2.34. The number of benzene rings is 1. The molecule has 0 amide bonds. The van der Waals surface area contributed by atoms with Crippen LogP contribution >= 0.6 is 0 Å². The van der Waals surface area contributed by atoms with E-state index in [1.54, 1.807) is 0 Å². The van der Waals surface area contributed by atoms with E-state index in [4.69, 9.17) is 4.74 Å². The Morgan fingerprint density at radius 2 is 1.83 bits per heavy atom. The molecule has 100 valence electrons. The molecule has 0 radical (unpaired) electrons. The van der Waals surface area contributed by atoms with E-state index in [1.165, 1.54) is 36.8 Å². The summed E-state index contributed by atoms with van der Waals surface area (Å²) in [5.74, 6) is 0. The molecular weight excluding hydrogens is 222 g/mol. The minimum atomic E-state index is 0.530. The SMILES string of the molecule is CCCNCCc1ccc(COC2CCC2)cc1. The Labute approximate surface area is 111 Å². The van der Waals surface area contributed by atoms with E-state index in [9.17, 15) is 0 Å². The van der Waals surface area contributed by atoms with Gasteiger partial charge in [0.2, 0.25) is 0 Å². The molecular formula is C16H25NO. The Hall–Kier alpha value is -0.860. The lowest BCUT2D eigenvalue weighted by Gasteiger charge is -2.25. The predicted molar refractivity (Wildman–Crippen MR) is 75.7 cm³/mol. The number of hydrogen-bond acceptors (Lipinski definition) is 2. The fraction of sp³-hybridized carbons (Fsp3) is 0.625. The molecule has 2 rings (SSSR count). The van der Waals surface area contributed by atoms with E-state index in [0.29, 0.717) is 6.10 Å². The van der Waals surface area contributed by atoms with E-state index >= 15 is 0 Å². The van der Waals surface area contributed by atoms with Crippen LogP contribution in [-0.2, 0) is 17.8 Å². The molecule has 0 aliphatic heterocycles. The molecule has 1 aliphatic rings. The van der Waals surface area contributed by atoms with Crippen molar-refractivity contribution in [1.82, 2.24) is 5.32 Å². The monoisotopic (exact) mass is 247 g/mol. The Morgan fingerprint density at radius 3 is 2.44 bits per heavy atom. The van der Waals surface area contributed by atoms with Crippen molar-refractivity contribution in [3.05, 3.63) is 35.4 Å². The smallest absolute Gasteiger partial charge is 0.0720 e. The molecule has 2 heteroatoms. The summed E-state index contributed by atoms with van der Waals surface area (Å²) >= 11 is 0. The Morgan fingerprint density at radius 1 is 1.11 bits per heavy atom. The molecule has 0 heterocycles. The summed E-state index contributed by atoms with van der Waals surface area (Å²) in [5, 5.41) is 3.43. The largest absolute Gasteiger partial charge is 0.374 e. The average molecular weight is 247 g/mol. The third-order valence-corrected chi connectivity index (χ3v) is 3.58. The lowest BCUT2D eigenvalue weighted by atomic mass is 9.96. The maximum Gasteiger partial charge on any atom is 0.0720 e. The second-order valence-electron chi connectivity index (χ2n) is 5.18. The number of ether oxygens (including phenoxy) is 1. The first-order valence-corrected chi connectivity index (χ1v) is 7.28. The van der Waals surface area contributed by atoms with Crippen LogP contribution < -0.4 is 5.32 Å². The van der Waals surface area contributed by atoms with Gasteiger partial charge in [0.1, 0.15) is 0 Å². The molecule has 18 heavy (non-hydrogen) atoms. The van der Waals surface area contributed by atoms with Crippen molar-refractivity contribution < 1.29 is 4.74 Å². The second-order valence-corrected chi connectivity index (χ2v) is 5.18. The Bertz CT molecular complexity index is 329. The second kappa shape index (κ2) is 7.55. The van der Waals surface area contributed by atoms with E-state index in [1.807, 2.05) is 0 Å². The number of hydrogen-bond donors (Lipinski definition) is 1. The van der Waals surface area contributed by atoms with Gasteiger partial charge < -0.3 is 10.1 Å². The summed E-state index contributed by atoms with van der Waals surface area (Å²) in [6.07, 6.45) is 6.70. The van der Waals surface area contributed by atoms with Gasteiger partial charge in [-0.05, 0) is 56.3 Å². The van der Waals surface area contributed by atoms with E-state index < -0.39 is 0 Å². The molecule has 0 saturated heterocycles. The molecule has 1 aromatic carbocycles. The molecule has 0 unspecified atom stereocenters. The normalized spacial score (nSPS) is 15.6. The van der Waals surface area contributed by atoms with E-state index in [-0.39, 0.29) is 0 Å². The van der Waals surface area contributed by atoms with E-state index in [2.05, 4.69) is 36.5 Å². The van der Waals surface area contributed by atoms with E-state index in [0.717, 1.165) is 26.1 Å². The lowest BCUT2D eigenvalue weighted by Crippen LogP contribution is -2.21. The molecule has 1 aliphatic carbocycles. The molecule has 1 aromatic rings. The van der Waals surface area contributed by atoms with Gasteiger partial charge in [-0.1, -0.05) is 31.2 Å². The van der Waals surface area contributed by atoms with Gasteiger partial charge in [0, 0.05) is 0 Å². The van der Waals surface area contributed by atoms with Crippen molar-refractivity contribution in [3.8, 4) is 0 Å². The number of nitrogens with one attached hydrogen (secondary N) is 1. The van der Waals surface area contributed by atoms with Crippen LogP contribution in [0.4, 0.5) is 0 Å². The highest BCUT2D eigenvalue weighted by Crippen LogP contribution is 2.23. The van der Waals surface area contributed by atoms with Crippen LogP contribution in [0.5, 0.6) is 0 Å². The van der Waals surface area contributed by atoms with Crippen LogP contribution in [0.15, 0.2) is 24.3 Å². The fourth-order valence-electron chi connectivity index (χ4n) is 2.09. The fourth-order valence-corrected chi connectivity index (χ4v) is 2.09. The zero-order valence-electron chi connectivity index (χ0n) is 11.5. The van der Waals surface area contributed by atoms with Gasteiger partial charge >= 0.3 is 0 Å². The summed E-state index contributed by atoms with van der Waals surface area (Å²) in [6, 6.07) is 8.86. The quantitative estimate of drug-likeness (QED) is 0.712. The van der Waals surface area contributed by atoms with Gasteiger partial charge in [0.25, 0.3) is 0 Å². The molecule has 0 atom stereocenters. The lowest BCUT2D eigenvalue weighted by molar-refractivity contribution is -0.00866. The summed E-state index contributed by atoms with van der Waals surface area (Å²) in [5.41, 5.74) is 2.71. The molecule has 2 nitrogen and oxygen atoms in total. The minimum Gasteiger partial charge on any atom is -0.374 e. The van der Waals surface area contributed by atoms with Gasteiger partial charge in [-0.25, -0.2) is 0 Å². The van der Waals surface area contributed by atoms with Crippen LogP contribution in [0.2, 0.25) is 0 Å². The van der Waals surface area contributed by atoms with Crippen molar-refractivity contribution in [2.45, 2.75) is 51.7 Å². The third kappa shape index (κ3) is 4.43. The molecule has 0 aromatic heterocycles. The first kappa shape index (κ1) is 13.6.